The maximum Gasteiger partial charge on any atom is 0.442 e. The van der Waals surface area contributed by atoms with Crippen molar-refractivity contribution in [2.45, 2.75) is 16.7 Å². The van der Waals surface area contributed by atoms with Crippen molar-refractivity contribution in [1.29, 1.82) is 0 Å². The minimum atomic E-state index is -3.81. The van der Waals surface area contributed by atoms with Gasteiger partial charge in [0.05, 0.1) is 26.8 Å². The lowest BCUT2D eigenvalue weighted by Crippen LogP contribution is -2.11. The van der Waals surface area contributed by atoms with Crippen LogP contribution in [0.25, 0.3) is 10.4 Å². The van der Waals surface area contributed by atoms with Gasteiger partial charge in [-0.1, -0.05) is 6.07 Å². The number of nitrogens with zero attached hydrogens (tertiary/aromatic N) is 3. The summed E-state index contributed by atoms with van der Waals surface area (Å²) in [6, 6.07) is 16.4. The average Bonchev–Trinajstić information content (AvgIpc) is 3.39. The molecule has 0 radical (unpaired) electrons. The highest BCUT2D eigenvalue weighted by Crippen LogP contribution is 2.33. The van der Waals surface area contributed by atoms with Crippen LogP contribution in [0.4, 0.5) is 27.9 Å². The average molecular weight is 573 g/mol. The van der Waals surface area contributed by atoms with E-state index in [1.54, 1.807) is 49.5 Å². The van der Waals surface area contributed by atoms with Crippen molar-refractivity contribution in [2.75, 3.05) is 23.5 Å². The standard InChI is InChI=1S/C24H24N6O5S3/c1-3-35-24(31)30-37(2,32)18-10-6-17(7-11-18)28-23-26-15-20(21-5-4-14-36-21)22(29-23)27-16-8-12-19(13-9-16)38(25,33)34/h4-15H,3H2,1-2H3,(H2,25,33,34)(H2,26,27,28,29). The third-order valence-corrected chi connectivity index (χ3v) is 8.56. The van der Waals surface area contributed by atoms with Gasteiger partial charge in [0.1, 0.15) is 5.82 Å². The third kappa shape index (κ3) is 6.72. The normalized spacial score (nSPS) is 12.8. The monoisotopic (exact) mass is 572 g/mol. The fourth-order valence-electron chi connectivity index (χ4n) is 3.28. The Kier molecular flexibility index (Phi) is 8.06. The number of primary sulfonamides is 1. The van der Waals surface area contributed by atoms with E-state index < -0.39 is 25.8 Å². The van der Waals surface area contributed by atoms with Gasteiger partial charge in [0.15, 0.2) is 0 Å². The molecule has 0 aliphatic carbocycles. The number of anilines is 4. The second-order valence-corrected chi connectivity index (χ2v) is 12.6. The molecule has 198 valence electrons. The van der Waals surface area contributed by atoms with Crippen molar-refractivity contribution >= 4 is 60.3 Å². The molecule has 2 heterocycles. The van der Waals surface area contributed by atoms with E-state index >= 15 is 0 Å². The first-order valence-electron chi connectivity index (χ1n) is 11.1. The van der Waals surface area contributed by atoms with Crippen LogP contribution in [0, 0.1) is 0 Å². The molecule has 0 fully saturated rings. The quantitative estimate of drug-likeness (QED) is 0.265. The van der Waals surface area contributed by atoms with Crippen LogP contribution in [0.5, 0.6) is 0 Å². The van der Waals surface area contributed by atoms with E-state index in [-0.39, 0.29) is 17.5 Å². The van der Waals surface area contributed by atoms with Crippen molar-refractivity contribution in [3.8, 4) is 10.4 Å². The lowest BCUT2D eigenvalue weighted by atomic mass is 10.2. The SMILES string of the molecule is CCOC(=O)N=S(C)(=O)c1ccc(Nc2ncc(-c3cccs3)c(Nc3ccc(S(N)(=O)=O)cc3)n2)cc1. The van der Waals surface area contributed by atoms with Crippen molar-refractivity contribution in [1.82, 2.24) is 9.97 Å². The molecule has 0 aliphatic rings. The summed E-state index contributed by atoms with van der Waals surface area (Å²) in [7, 11) is -6.78. The topological polar surface area (TPSA) is 166 Å². The van der Waals surface area contributed by atoms with Gasteiger partial charge in [0, 0.05) is 33.6 Å². The zero-order chi connectivity index (χ0) is 27.3. The predicted octanol–water partition coefficient (Wildman–Crippen LogP) is 4.95. The summed E-state index contributed by atoms with van der Waals surface area (Å²) < 4.78 is 44.4. The number of sulfonamides is 1. The number of aromatic nitrogens is 2. The van der Waals surface area contributed by atoms with Crippen molar-refractivity contribution < 1.29 is 22.2 Å². The molecule has 1 amide bonds. The number of hydrogen-bond acceptors (Lipinski definition) is 10. The van der Waals surface area contributed by atoms with Gasteiger partial charge in [-0.05, 0) is 66.9 Å². The van der Waals surface area contributed by atoms with Crippen LogP contribution in [-0.4, -0.2) is 41.6 Å². The number of thiophene rings is 1. The van der Waals surface area contributed by atoms with Gasteiger partial charge in [-0.2, -0.15) is 4.98 Å². The summed E-state index contributed by atoms with van der Waals surface area (Å²) in [4.78, 5) is 22.0. The molecule has 1 atom stereocenters. The molecule has 14 heteroatoms. The zero-order valence-corrected chi connectivity index (χ0v) is 22.8. The molecule has 0 spiro atoms. The molecule has 2 aromatic heterocycles. The Labute approximate surface area is 224 Å². The Morgan fingerprint density at radius 3 is 2.21 bits per heavy atom. The number of benzene rings is 2. The second kappa shape index (κ2) is 11.3. The maximum absolute atomic E-state index is 12.8. The van der Waals surface area contributed by atoms with E-state index in [1.807, 2.05) is 17.5 Å². The number of nitrogens with one attached hydrogen (secondary N) is 2. The van der Waals surface area contributed by atoms with E-state index in [0.717, 1.165) is 10.4 Å². The maximum atomic E-state index is 12.8. The first-order valence-corrected chi connectivity index (χ1v) is 15.5. The van der Waals surface area contributed by atoms with Crippen molar-refractivity contribution in [3.63, 3.8) is 0 Å². The van der Waals surface area contributed by atoms with Gasteiger partial charge in [-0.15, -0.1) is 15.7 Å². The van der Waals surface area contributed by atoms with Gasteiger partial charge in [0.25, 0.3) is 0 Å². The fraction of sp³-hybridized carbons (Fsp3) is 0.125. The van der Waals surface area contributed by atoms with Crippen LogP contribution >= 0.6 is 11.3 Å². The molecular weight excluding hydrogens is 549 g/mol. The molecule has 2 aromatic carbocycles. The molecule has 0 aliphatic heterocycles. The molecule has 38 heavy (non-hydrogen) atoms. The molecular formula is C24H24N6O5S3. The lowest BCUT2D eigenvalue weighted by Gasteiger charge is -2.13. The minimum absolute atomic E-state index is 0.00101. The van der Waals surface area contributed by atoms with E-state index in [9.17, 15) is 17.4 Å². The fourth-order valence-corrected chi connectivity index (χ4v) is 5.62. The number of carbonyl (C=O) groups excluding carboxylic acids is 1. The Hall–Kier alpha value is -3.85. The Morgan fingerprint density at radius 1 is 1.00 bits per heavy atom. The van der Waals surface area contributed by atoms with Crippen LogP contribution < -0.4 is 15.8 Å². The van der Waals surface area contributed by atoms with E-state index in [2.05, 4.69) is 25.0 Å². The first-order chi connectivity index (χ1) is 18.0. The molecule has 4 N–H and O–H groups in total. The number of nitrogens with two attached hydrogens (primary N) is 1. The van der Waals surface area contributed by atoms with Crippen LogP contribution in [-0.2, 0) is 24.5 Å². The van der Waals surface area contributed by atoms with Crippen LogP contribution in [0.15, 0.2) is 86.4 Å². The second-order valence-electron chi connectivity index (χ2n) is 7.87. The Bertz CT molecular complexity index is 1660. The molecule has 0 bridgehead atoms. The Morgan fingerprint density at radius 2 is 1.63 bits per heavy atom. The highest BCUT2D eigenvalue weighted by Gasteiger charge is 2.14. The number of ether oxygens (including phenoxy) is 1. The summed E-state index contributed by atoms with van der Waals surface area (Å²) in [6.45, 7) is 1.79. The highest BCUT2D eigenvalue weighted by molar-refractivity contribution is 7.93. The number of amides is 1. The van der Waals surface area contributed by atoms with E-state index in [0.29, 0.717) is 22.1 Å². The van der Waals surface area contributed by atoms with Crippen LogP contribution in [0.2, 0.25) is 0 Å². The van der Waals surface area contributed by atoms with Gasteiger partial charge in [-0.25, -0.2) is 27.5 Å². The largest absolute Gasteiger partial charge is 0.448 e. The molecule has 1 unspecified atom stereocenters. The van der Waals surface area contributed by atoms with Gasteiger partial charge < -0.3 is 15.4 Å². The summed E-state index contributed by atoms with van der Waals surface area (Å²) in [5, 5.41) is 13.4. The Balaban J connectivity index is 1.60. The minimum Gasteiger partial charge on any atom is -0.448 e. The third-order valence-electron chi connectivity index (χ3n) is 5.09. The summed E-state index contributed by atoms with van der Waals surface area (Å²) in [6.07, 6.45) is 2.17. The van der Waals surface area contributed by atoms with Gasteiger partial charge >= 0.3 is 6.09 Å². The molecule has 11 nitrogen and oxygen atoms in total. The number of hydrogen-bond donors (Lipinski definition) is 3. The summed E-state index contributed by atoms with van der Waals surface area (Å²) in [5.74, 6) is 0.782. The molecule has 4 rings (SSSR count). The summed E-state index contributed by atoms with van der Waals surface area (Å²) >= 11 is 1.52. The van der Waals surface area contributed by atoms with Crippen molar-refractivity contribution in [2.24, 2.45) is 9.50 Å². The van der Waals surface area contributed by atoms with Crippen LogP contribution in [0.3, 0.4) is 0 Å². The smallest absolute Gasteiger partial charge is 0.442 e. The van der Waals surface area contributed by atoms with E-state index in [1.165, 1.54) is 29.7 Å². The lowest BCUT2D eigenvalue weighted by molar-refractivity contribution is 0.164. The first kappa shape index (κ1) is 27.2. The van der Waals surface area contributed by atoms with Gasteiger partial charge in [0.2, 0.25) is 16.0 Å². The van der Waals surface area contributed by atoms with E-state index in [4.69, 9.17) is 9.88 Å². The summed E-state index contributed by atoms with van der Waals surface area (Å²) in [5.41, 5.74) is 1.97. The number of rotatable bonds is 8. The van der Waals surface area contributed by atoms with Gasteiger partial charge in [-0.3, -0.25) is 0 Å². The highest BCUT2D eigenvalue weighted by atomic mass is 32.2. The predicted molar refractivity (Wildman–Crippen MR) is 148 cm³/mol. The van der Waals surface area contributed by atoms with Crippen molar-refractivity contribution in [3.05, 3.63) is 72.2 Å². The molecule has 4 aromatic rings. The number of carbonyl (C=O) groups is 1. The zero-order valence-electron chi connectivity index (χ0n) is 20.3. The molecule has 0 saturated carbocycles. The van der Waals surface area contributed by atoms with Crippen LogP contribution in [0.1, 0.15) is 6.92 Å². The molecule has 0 saturated heterocycles.